The van der Waals surface area contributed by atoms with Crippen LogP contribution in [-0.2, 0) is 16.4 Å². The lowest BCUT2D eigenvalue weighted by Crippen LogP contribution is -2.39. The number of piperidine rings is 1. The van der Waals surface area contributed by atoms with Crippen LogP contribution in [-0.4, -0.2) is 54.6 Å². The third-order valence-corrected chi connectivity index (χ3v) is 7.27. The average Bonchev–Trinajstić information content (AvgIpc) is 3.08. The Labute approximate surface area is 154 Å². The molecule has 8 heteroatoms. The van der Waals surface area contributed by atoms with Crippen LogP contribution in [0.25, 0.3) is 0 Å². The first-order valence-electron chi connectivity index (χ1n) is 9.18. The highest BCUT2D eigenvalue weighted by Crippen LogP contribution is 2.32. The summed E-state index contributed by atoms with van der Waals surface area (Å²) in [7, 11) is -1.49. The first-order valence-corrected chi connectivity index (χ1v) is 10.6. The van der Waals surface area contributed by atoms with Crippen LogP contribution < -0.4 is 4.90 Å². The zero-order valence-corrected chi connectivity index (χ0v) is 16.1. The number of sulfonamides is 1. The van der Waals surface area contributed by atoms with Gasteiger partial charge in [0.1, 0.15) is 5.82 Å². The number of nitrogens with one attached hydrogen (secondary N) is 1. The van der Waals surface area contributed by atoms with E-state index in [1.165, 1.54) is 5.56 Å². The van der Waals surface area contributed by atoms with Crippen molar-refractivity contribution in [2.45, 2.75) is 43.4 Å². The van der Waals surface area contributed by atoms with E-state index in [0.29, 0.717) is 23.8 Å². The SMILES string of the molecule is Cc1nc([C@H]2CCCN(S(=O)(=O)c3ccc4c(c3)N(C)CCC4)C2)n[nH]1. The molecular formula is C18H25N5O2S. The van der Waals surface area contributed by atoms with E-state index < -0.39 is 10.0 Å². The van der Waals surface area contributed by atoms with Crippen molar-refractivity contribution >= 4 is 15.7 Å². The summed E-state index contributed by atoms with van der Waals surface area (Å²) in [6.07, 6.45) is 3.86. The van der Waals surface area contributed by atoms with Crippen LogP contribution in [0.3, 0.4) is 0 Å². The molecule has 1 fully saturated rings. The van der Waals surface area contributed by atoms with Gasteiger partial charge in [-0.1, -0.05) is 6.07 Å². The summed E-state index contributed by atoms with van der Waals surface area (Å²) in [6.45, 7) is 3.81. The number of fused-ring (bicyclic) bond motifs is 1. The Morgan fingerprint density at radius 3 is 2.85 bits per heavy atom. The predicted molar refractivity (Wildman–Crippen MR) is 99.9 cm³/mol. The van der Waals surface area contributed by atoms with Gasteiger partial charge in [-0.05, 0) is 50.3 Å². The van der Waals surface area contributed by atoms with Crippen molar-refractivity contribution in [3.05, 3.63) is 35.4 Å². The molecule has 7 nitrogen and oxygen atoms in total. The van der Waals surface area contributed by atoms with Gasteiger partial charge in [0, 0.05) is 38.3 Å². The molecule has 0 unspecified atom stereocenters. The molecule has 0 spiro atoms. The molecule has 26 heavy (non-hydrogen) atoms. The largest absolute Gasteiger partial charge is 0.374 e. The molecule has 0 bridgehead atoms. The van der Waals surface area contributed by atoms with E-state index in [1.807, 2.05) is 26.1 Å². The number of anilines is 1. The summed E-state index contributed by atoms with van der Waals surface area (Å²) in [5.74, 6) is 1.52. The minimum Gasteiger partial charge on any atom is -0.374 e. The lowest BCUT2D eigenvalue weighted by atomic mass is 9.99. The van der Waals surface area contributed by atoms with E-state index in [0.717, 1.165) is 43.7 Å². The first kappa shape index (κ1) is 17.5. The molecule has 3 heterocycles. The molecule has 0 aliphatic carbocycles. The minimum atomic E-state index is -3.51. The third-order valence-electron chi connectivity index (χ3n) is 5.41. The number of H-pyrrole nitrogens is 1. The number of hydrogen-bond acceptors (Lipinski definition) is 5. The van der Waals surface area contributed by atoms with Crippen molar-refractivity contribution in [1.29, 1.82) is 0 Å². The maximum absolute atomic E-state index is 13.2. The van der Waals surface area contributed by atoms with Crippen molar-refractivity contribution in [3.63, 3.8) is 0 Å². The second kappa shape index (κ2) is 6.66. The van der Waals surface area contributed by atoms with E-state index in [1.54, 1.807) is 10.4 Å². The first-order chi connectivity index (χ1) is 12.4. The Bertz CT molecular complexity index is 908. The van der Waals surface area contributed by atoms with Gasteiger partial charge in [0.2, 0.25) is 10.0 Å². The highest BCUT2D eigenvalue weighted by molar-refractivity contribution is 7.89. The summed E-state index contributed by atoms with van der Waals surface area (Å²) < 4.78 is 28.0. The monoisotopic (exact) mass is 375 g/mol. The Morgan fingerprint density at radius 1 is 1.23 bits per heavy atom. The number of nitrogens with zero attached hydrogens (tertiary/aromatic N) is 4. The smallest absolute Gasteiger partial charge is 0.243 e. The molecule has 1 aromatic carbocycles. The van der Waals surface area contributed by atoms with Crippen molar-refractivity contribution < 1.29 is 8.42 Å². The standard InChI is InChI=1S/C18H25N5O2S/c1-13-19-18(21-20-13)15-6-4-10-23(12-15)26(24,25)16-8-7-14-5-3-9-22(2)17(14)11-16/h7-8,11,15H,3-6,9-10,12H2,1-2H3,(H,19,20,21)/t15-/m0/s1. The van der Waals surface area contributed by atoms with Crippen LogP contribution >= 0.6 is 0 Å². The molecule has 0 saturated carbocycles. The van der Waals surface area contributed by atoms with Crippen molar-refractivity contribution in [3.8, 4) is 0 Å². The number of rotatable bonds is 3. The topological polar surface area (TPSA) is 82.2 Å². The van der Waals surface area contributed by atoms with E-state index in [4.69, 9.17) is 0 Å². The Kier molecular flexibility index (Phi) is 4.48. The van der Waals surface area contributed by atoms with E-state index in [2.05, 4.69) is 20.1 Å². The number of aromatic nitrogens is 3. The lowest BCUT2D eigenvalue weighted by Gasteiger charge is -2.32. The molecule has 1 aromatic heterocycles. The van der Waals surface area contributed by atoms with Crippen LogP contribution in [0.15, 0.2) is 23.1 Å². The molecule has 2 aromatic rings. The van der Waals surface area contributed by atoms with E-state index in [-0.39, 0.29) is 5.92 Å². The van der Waals surface area contributed by atoms with Crippen LogP contribution in [0.2, 0.25) is 0 Å². The van der Waals surface area contributed by atoms with Gasteiger partial charge in [-0.3, -0.25) is 5.10 Å². The molecule has 1 atom stereocenters. The van der Waals surface area contributed by atoms with Crippen molar-refractivity contribution in [1.82, 2.24) is 19.5 Å². The number of benzene rings is 1. The van der Waals surface area contributed by atoms with Gasteiger partial charge in [-0.15, -0.1) is 0 Å². The molecule has 140 valence electrons. The molecule has 4 rings (SSSR count). The maximum atomic E-state index is 13.2. The highest BCUT2D eigenvalue weighted by Gasteiger charge is 2.33. The average molecular weight is 375 g/mol. The zero-order valence-electron chi connectivity index (χ0n) is 15.3. The predicted octanol–water partition coefficient (Wildman–Crippen LogP) is 2.06. The normalized spacial score (nSPS) is 21.6. The van der Waals surface area contributed by atoms with Gasteiger partial charge in [0.25, 0.3) is 0 Å². The van der Waals surface area contributed by atoms with Crippen LogP contribution in [0.1, 0.15) is 42.4 Å². The number of aromatic amines is 1. The highest BCUT2D eigenvalue weighted by atomic mass is 32.2. The van der Waals surface area contributed by atoms with Gasteiger partial charge in [0.15, 0.2) is 5.82 Å². The molecule has 0 radical (unpaired) electrons. The van der Waals surface area contributed by atoms with Gasteiger partial charge in [-0.25, -0.2) is 13.4 Å². The van der Waals surface area contributed by atoms with Crippen LogP contribution in [0, 0.1) is 6.92 Å². The van der Waals surface area contributed by atoms with Crippen LogP contribution in [0.5, 0.6) is 0 Å². The second-order valence-corrected chi connectivity index (χ2v) is 9.23. The molecular weight excluding hydrogens is 350 g/mol. The zero-order chi connectivity index (χ0) is 18.3. The fourth-order valence-electron chi connectivity index (χ4n) is 3.96. The van der Waals surface area contributed by atoms with Gasteiger partial charge in [0.05, 0.1) is 4.90 Å². The van der Waals surface area contributed by atoms with Crippen molar-refractivity contribution in [2.75, 3.05) is 31.6 Å². The molecule has 2 aliphatic heterocycles. The fourth-order valence-corrected chi connectivity index (χ4v) is 5.51. The number of aryl methyl sites for hydroxylation is 2. The Hall–Kier alpha value is -1.93. The summed E-state index contributed by atoms with van der Waals surface area (Å²) >= 11 is 0. The van der Waals surface area contributed by atoms with Gasteiger partial charge >= 0.3 is 0 Å². The number of hydrogen-bond donors (Lipinski definition) is 1. The van der Waals surface area contributed by atoms with Crippen LogP contribution in [0.4, 0.5) is 5.69 Å². The van der Waals surface area contributed by atoms with E-state index in [9.17, 15) is 8.42 Å². The third kappa shape index (κ3) is 3.12. The summed E-state index contributed by atoms with van der Waals surface area (Å²) in [5, 5.41) is 7.09. The summed E-state index contributed by atoms with van der Waals surface area (Å²) in [6, 6.07) is 5.57. The van der Waals surface area contributed by atoms with E-state index >= 15 is 0 Å². The quantitative estimate of drug-likeness (QED) is 0.888. The second-order valence-electron chi connectivity index (χ2n) is 7.30. The molecule has 1 saturated heterocycles. The van der Waals surface area contributed by atoms with Gasteiger partial charge < -0.3 is 4.90 Å². The Morgan fingerprint density at radius 2 is 2.08 bits per heavy atom. The van der Waals surface area contributed by atoms with Crippen molar-refractivity contribution in [2.24, 2.45) is 0 Å². The summed E-state index contributed by atoms with van der Waals surface area (Å²) in [4.78, 5) is 6.93. The molecule has 2 aliphatic rings. The summed E-state index contributed by atoms with van der Waals surface area (Å²) in [5.41, 5.74) is 2.26. The lowest BCUT2D eigenvalue weighted by molar-refractivity contribution is 0.309. The minimum absolute atomic E-state index is 0.0452. The van der Waals surface area contributed by atoms with Gasteiger partial charge in [-0.2, -0.15) is 9.40 Å². The molecule has 0 amide bonds. The fraction of sp³-hybridized carbons (Fsp3) is 0.556. The molecule has 1 N–H and O–H groups in total. The Balaban J connectivity index is 1.61. The maximum Gasteiger partial charge on any atom is 0.243 e.